The number of aromatic amines is 1. The molecule has 1 atom stereocenters. The summed E-state index contributed by atoms with van der Waals surface area (Å²) in [5.74, 6) is 3.28. The lowest BCUT2D eigenvalue weighted by Gasteiger charge is -2.18. The summed E-state index contributed by atoms with van der Waals surface area (Å²) < 4.78 is 12.1. The molecule has 142 valence electrons. The summed E-state index contributed by atoms with van der Waals surface area (Å²) in [7, 11) is 1.71. The zero-order chi connectivity index (χ0) is 19.1. The number of halogens is 1. The van der Waals surface area contributed by atoms with E-state index in [0.29, 0.717) is 36.5 Å². The highest BCUT2D eigenvalue weighted by atomic mass is 79.9. The lowest BCUT2D eigenvalue weighted by Crippen LogP contribution is -2.41. The number of furan rings is 1. The molecule has 2 aromatic heterocycles. The van der Waals surface area contributed by atoms with Gasteiger partial charge in [-0.2, -0.15) is 0 Å². The molecule has 0 fully saturated rings. The number of ether oxygens (including phenoxy) is 1. The maximum Gasteiger partial charge on any atom is 0.216 e. The van der Waals surface area contributed by atoms with Crippen LogP contribution in [0.5, 0.6) is 5.75 Å². The molecule has 1 aromatic carbocycles. The Morgan fingerprint density at radius 3 is 2.89 bits per heavy atom. The second-order valence-electron chi connectivity index (χ2n) is 5.75. The zero-order valence-corrected chi connectivity index (χ0v) is 16.7. The second-order valence-corrected chi connectivity index (χ2v) is 6.60. The fourth-order valence-electron chi connectivity index (χ4n) is 2.32. The van der Waals surface area contributed by atoms with Crippen LogP contribution < -0.4 is 15.4 Å². The first-order chi connectivity index (χ1) is 13.2. The van der Waals surface area contributed by atoms with Crippen LogP contribution >= 0.6 is 15.9 Å². The number of nitrogens with zero attached hydrogens (tertiary/aromatic N) is 3. The molecule has 0 aliphatic carbocycles. The molecule has 0 aliphatic rings. The highest BCUT2D eigenvalue weighted by molar-refractivity contribution is 9.10. The van der Waals surface area contributed by atoms with E-state index in [4.69, 9.17) is 9.15 Å². The number of benzene rings is 1. The predicted molar refractivity (Wildman–Crippen MR) is 107 cm³/mol. The number of guanidine groups is 1. The Morgan fingerprint density at radius 2 is 2.15 bits per heavy atom. The van der Waals surface area contributed by atoms with Gasteiger partial charge in [0, 0.05) is 7.05 Å². The van der Waals surface area contributed by atoms with Gasteiger partial charge < -0.3 is 19.8 Å². The van der Waals surface area contributed by atoms with E-state index >= 15 is 0 Å². The van der Waals surface area contributed by atoms with Gasteiger partial charge in [-0.1, -0.05) is 12.1 Å². The normalized spacial score (nSPS) is 12.6. The van der Waals surface area contributed by atoms with E-state index in [-0.39, 0.29) is 6.10 Å². The summed E-state index contributed by atoms with van der Waals surface area (Å²) in [6.45, 7) is 3.04. The van der Waals surface area contributed by atoms with Gasteiger partial charge in [-0.3, -0.25) is 10.1 Å². The monoisotopic (exact) mass is 432 g/mol. The lowest BCUT2D eigenvalue weighted by molar-refractivity contribution is 0.222. The quantitative estimate of drug-likeness (QED) is 0.391. The van der Waals surface area contributed by atoms with E-state index in [1.807, 2.05) is 37.3 Å². The van der Waals surface area contributed by atoms with Gasteiger partial charge >= 0.3 is 0 Å². The molecule has 9 heteroatoms. The molecule has 3 rings (SSSR count). The van der Waals surface area contributed by atoms with E-state index in [0.717, 1.165) is 10.2 Å². The van der Waals surface area contributed by atoms with Crippen molar-refractivity contribution in [3.63, 3.8) is 0 Å². The molecule has 0 saturated heterocycles. The van der Waals surface area contributed by atoms with Crippen LogP contribution in [0, 0.1) is 0 Å². The number of H-pyrrole nitrogens is 1. The number of aromatic nitrogens is 3. The average molecular weight is 433 g/mol. The molecule has 0 radical (unpaired) electrons. The van der Waals surface area contributed by atoms with Gasteiger partial charge in [-0.05, 0) is 47.1 Å². The fraction of sp³-hybridized carbons (Fsp3) is 0.278. The Hall–Kier alpha value is -2.81. The van der Waals surface area contributed by atoms with Crippen molar-refractivity contribution >= 4 is 21.9 Å². The van der Waals surface area contributed by atoms with Gasteiger partial charge in [0.15, 0.2) is 11.7 Å². The molecule has 0 amide bonds. The van der Waals surface area contributed by atoms with Crippen LogP contribution in [0.3, 0.4) is 0 Å². The van der Waals surface area contributed by atoms with Crippen LogP contribution in [-0.2, 0) is 6.54 Å². The Kier molecular flexibility index (Phi) is 6.48. The largest absolute Gasteiger partial charge is 0.488 e. The highest BCUT2D eigenvalue weighted by Crippen LogP contribution is 2.24. The third-order valence-electron chi connectivity index (χ3n) is 3.64. The first-order valence-electron chi connectivity index (χ1n) is 8.46. The van der Waals surface area contributed by atoms with Crippen molar-refractivity contribution in [3.8, 4) is 17.3 Å². The Morgan fingerprint density at radius 1 is 1.30 bits per heavy atom. The fourth-order valence-corrected chi connectivity index (χ4v) is 2.70. The standard InChI is InChI=1S/C18H21BrN6O2/c1-12(27-14-7-4-3-6-13(14)19)10-21-18(20-2)22-11-16-23-17(25-24-16)15-8-5-9-26-15/h3-9,12H,10-11H2,1-2H3,(H2,20,21,22)(H,23,24,25). The molecule has 1 unspecified atom stereocenters. The van der Waals surface area contributed by atoms with Gasteiger partial charge in [0.2, 0.25) is 5.82 Å². The zero-order valence-electron chi connectivity index (χ0n) is 15.1. The van der Waals surface area contributed by atoms with Crippen LogP contribution in [0.4, 0.5) is 0 Å². The van der Waals surface area contributed by atoms with Gasteiger partial charge in [0.25, 0.3) is 0 Å². The molecule has 0 spiro atoms. The van der Waals surface area contributed by atoms with Gasteiger partial charge in [-0.15, -0.1) is 5.10 Å². The van der Waals surface area contributed by atoms with E-state index in [1.54, 1.807) is 19.4 Å². The van der Waals surface area contributed by atoms with Crippen LogP contribution in [0.2, 0.25) is 0 Å². The number of rotatable bonds is 7. The minimum absolute atomic E-state index is 0.0434. The third kappa shape index (κ3) is 5.33. The van der Waals surface area contributed by atoms with Crippen molar-refractivity contribution in [1.82, 2.24) is 25.8 Å². The molecule has 0 bridgehead atoms. The molecule has 2 heterocycles. The molecule has 3 aromatic rings. The Balaban J connectivity index is 1.46. The van der Waals surface area contributed by atoms with Crippen molar-refractivity contribution in [1.29, 1.82) is 0 Å². The molecular formula is C18H21BrN6O2. The predicted octanol–water partition coefficient (Wildman–Crippen LogP) is 2.96. The van der Waals surface area contributed by atoms with E-state index in [9.17, 15) is 0 Å². The topological polar surface area (TPSA) is 100 Å². The number of hydrogen-bond acceptors (Lipinski definition) is 5. The maximum atomic E-state index is 5.92. The molecule has 3 N–H and O–H groups in total. The summed E-state index contributed by atoms with van der Waals surface area (Å²) in [4.78, 5) is 8.59. The average Bonchev–Trinajstić information content (AvgIpc) is 3.35. The van der Waals surface area contributed by atoms with Crippen molar-refractivity contribution in [2.75, 3.05) is 13.6 Å². The third-order valence-corrected chi connectivity index (χ3v) is 4.30. The van der Waals surface area contributed by atoms with Crippen LogP contribution in [0.25, 0.3) is 11.6 Å². The van der Waals surface area contributed by atoms with Crippen LogP contribution in [-0.4, -0.2) is 40.8 Å². The maximum absolute atomic E-state index is 5.92. The summed E-state index contributed by atoms with van der Waals surface area (Å²) in [6, 6.07) is 11.4. The molecular weight excluding hydrogens is 412 g/mol. The van der Waals surface area contributed by atoms with Gasteiger partial charge in [0.05, 0.1) is 23.8 Å². The van der Waals surface area contributed by atoms with Gasteiger partial charge in [0.1, 0.15) is 17.7 Å². The Labute approximate surface area is 165 Å². The molecule has 27 heavy (non-hydrogen) atoms. The summed E-state index contributed by atoms with van der Waals surface area (Å²) in [6.07, 6.45) is 1.55. The van der Waals surface area contributed by atoms with Crippen molar-refractivity contribution in [3.05, 3.63) is 53.0 Å². The van der Waals surface area contributed by atoms with E-state index in [2.05, 4.69) is 46.7 Å². The summed E-state index contributed by atoms with van der Waals surface area (Å²) in [5.41, 5.74) is 0. The number of aliphatic imine (C=N–C) groups is 1. The Bertz CT molecular complexity index is 878. The minimum atomic E-state index is -0.0434. The van der Waals surface area contributed by atoms with Crippen molar-refractivity contribution in [2.24, 2.45) is 4.99 Å². The van der Waals surface area contributed by atoms with Gasteiger partial charge in [-0.25, -0.2) is 4.98 Å². The first kappa shape index (κ1) is 19.0. The van der Waals surface area contributed by atoms with Crippen molar-refractivity contribution < 1.29 is 9.15 Å². The number of nitrogens with one attached hydrogen (secondary N) is 3. The number of para-hydroxylation sites is 1. The first-order valence-corrected chi connectivity index (χ1v) is 9.26. The highest BCUT2D eigenvalue weighted by Gasteiger charge is 2.10. The SMILES string of the molecule is CN=C(NCc1nc(-c2ccco2)n[nH]1)NCC(C)Oc1ccccc1Br. The molecule has 8 nitrogen and oxygen atoms in total. The van der Waals surface area contributed by atoms with E-state index in [1.165, 1.54) is 0 Å². The minimum Gasteiger partial charge on any atom is -0.488 e. The van der Waals surface area contributed by atoms with Crippen LogP contribution in [0.1, 0.15) is 12.7 Å². The van der Waals surface area contributed by atoms with E-state index < -0.39 is 0 Å². The summed E-state index contributed by atoms with van der Waals surface area (Å²) >= 11 is 3.48. The number of hydrogen-bond donors (Lipinski definition) is 3. The lowest BCUT2D eigenvalue weighted by atomic mass is 10.3. The van der Waals surface area contributed by atoms with Crippen LogP contribution in [0.15, 0.2) is 56.5 Å². The molecule has 0 aliphatic heterocycles. The second kappa shape index (κ2) is 9.22. The van der Waals surface area contributed by atoms with Crippen molar-refractivity contribution in [2.45, 2.75) is 19.6 Å². The summed E-state index contributed by atoms with van der Waals surface area (Å²) in [5, 5.41) is 13.4. The molecule has 0 saturated carbocycles. The smallest absolute Gasteiger partial charge is 0.216 e.